The zero-order chi connectivity index (χ0) is 20.1. The summed E-state index contributed by atoms with van der Waals surface area (Å²) < 4.78 is 11.5. The van der Waals surface area contributed by atoms with Gasteiger partial charge in [-0.2, -0.15) is 0 Å². The van der Waals surface area contributed by atoms with E-state index in [2.05, 4.69) is 24.3 Å². The van der Waals surface area contributed by atoms with Gasteiger partial charge in [0.05, 0.1) is 0 Å². The van der Waals surface area contributed by atoms with E-state index in [9.17, 15) is 9.59 Å². The Kier molecular flexibility index (Phi) is 5.98. The van der Waals surface area contributed by atoms with Crippen molar-refractivity contribution >= 4 is 11.8 Å². The third-order valence-electron chi connectivity index (χ3n) is 6.39. The van der Waals surface area contributed by atoms with E-state index in [4.69, 9.17) is 9.47 Å². The maximum absolute atomic E-state index is 11.9. The van der Waals surface area contributed by atoms with Crippen molar-refractivity contribution in [1.82, 2.24) is 0 Å². The van der Waals surface area contributed by atoms with Gasteiger partial charge in [-0.3, -0.25) is 9.59 Å². The Labute approximate surface area is 172 Å². The standard InChI is InChI=1S/C25H28O4/c26-21-16-23(29-24(27)17-21)25(13-4-5-14-25)15-12-19-8-10-22(11-9-19)28-18-20-6-2-1-3-7-20/h1-3,6-11,23H,4-5,12-18H2. The number of hydrogen-bond acceptors (Lipinski definition) is 4. The first-order chi connectivity index (χ1) is 14.1. The highest BCUT2D eigenvalue weighted by atomic mass is 16.5. The Morgan fingerprint density at radius 1 is 0.931 bits per heavy atom. The minimum Gasteiger partial charge on any atom is -0.489 e. The van der Waals surface area contributed by atoms with Crippen LogP contribution in [0.15, 0.2) is 54.6 Å². The Bertz CT molecular complexity index is 819. The van der Waals surface area contributed by atoms with Crippen molar-refractivity contribution in [3.63, 3.8) is 0 Å². The van der Waals surface area contributed by atoms with Gasteiger partial charge < -0.3 is 9.47 Å². The fourth-order valence-electron chi connectivity index (χ4n) is 4.72. The van der Waals surface area contributed by atoms with E-state index in [1.54, 1.807) is 0 Å². The zero-order valence-electron chi connectivity index (χ0n) is 16.8. The molecule has 152 valence electrons. The van der Waals surface area contributed by atoms with E-state index < -0.39 is 0 Å². The van der Waals surface area contributed by atoms with Gasteiger partial charge in [0.15, 0.2) is 0 Å². The number of carbonyl (C=O) groups is 2. The van der Waals surface area contributed by atoms with Crippen LogP contribution >= 0.6 is 0 Å². The number of ether oxygens (including phenoxy) is 2. The number of benzene rings is 2. The number of cyclic esters (lactones) is 1. The fourth-order valence-corrected chi connectivity index (χ4v) is 4.72. The van der Waals surface area contributed by atoms with Crippen molar-refractivity contribution in [1.29, 1.82) is 0 Å². The summed E-state index contributed by atoms with van der Waals surface area (Å²) in [4.78, 5) is 23.7. The van der Waals surface area contributed by atoms with Gasteiger partial charge in [-0.15, -0.1) is 0 Å². The lowest BCUT2D eigenvalue weighted by atomic mass is 9.73. The summed E-state index contributed by atoms with van der Waals surface area (Å²) in [5.74, 6) is 0.537. The number of hydrogen-bond donors (Lipinski definition) is 0. The third kappa shape index (κ3) is 4.87. The molecule has 4 nitrogen and oxygen atoms in total. The third-order valence-corrected chi connectivity index (χ3v) is 6.39. The first-order valence-electron chi connectivity index (χ1n) is 10.6. The van der Waals surface area contributed by atoms with E-state index in [1.807, 2.05) is 30.3 Å². The molecule has 1 unspecified atom stereocenters. The maximum Gasteiger partial charge on any atom is 0.313 e. The summed E-state index contributed by atoms with van der Waals surface area (Å²) in [7, 11) is 0. The van der Waals surface area contributed by atoms with Gasteiger partial charge in [0.1, 0.15) is 30.7 Å². The van der Waals surface area contributed by atoms with Crippen LogP contribution in [0.1, 0.15) is 56.1 Å². The summed E-state index contributed by atoms with van der Waals surface area (Å²) in [6.45, 7) is 0.560. The van der Waals surface area contributed by atoms with Crippen LogP contribution in [0.3, 0.4) is 0 Å². The van der Waals surface area contributed by atoms with Crippen LogP contribution in [0.25, 0.3) is 0 Å². The minimum absolute atomic E-state index is 0.0254. The molecule has 0 amide bonds. The predicted molar refractivity (Wildman–Crippen MR) is 111 cm³/mol. The molecule has 29 heavy (non-hydrogen) atoms. The molecule has 4 rings (SSSR count). The van der Waals surface area contributed by atoms with Crippen molar-refractivity contribution in [3.05, 3.63) is 65.7 Å². The molecule has 0 spiro atoms. The summed E-state index contributed by atoms with van der Waals surface area (Å²) in [6, 6.07) is 18.4. The van der Waals surface area contributed by atoms with Crippen LogP contribution in [0.2, 0.25) is 0 Å². The number of ketones is 1. The van der Waals surface area contributed by atoms with E-state index in [1.165, 1.54) is 5.56 Å². The normalized spacial score (nSPS) is 21.0. The Morgan fingerprint density at radius 3 is 2.34 bits per heavy atom. The number of carbonyl (C=O) groups excluding carboxylic acids is 2. The second-order valence-electron chi connectivity index (χ2n) is 8.39. The zero-order valence-corrected chi connectivity index (χ0v) is 16.8. The summed E-state index contributed by atoms with van der Waals surface area (Å²) in [6.07, 6.45) is 6.32. The molecule has 0 N–H and O–H groups in total. The summed E-state index contributed by atoms with van der Waals surface area (Å²) in [5.41, 5.74) is 2.35. The lowest BCUT2D eigenvalue weighted by Gasteiger charge is -2.38. The first kappa shape index (κ1) is 19.7. The molecule has 2 aromatic carbocycles. The van der Waals surface area contributed by atoms with Crippen molar-refractivity contribution in [2.45, 2.75) is 64.1 Å². The molecule has 2 fully saturated rings. The van der Waals surface area contributed by atoms with Crippen LogP contribution in [0.4, 0.5) is 0 Å². The lowest BCUT2D eigenvalue weighted by Crippen LogP contribution is -2.42. The van der Waals surface area contributed by atoms with Crippen molar-refractivity contribution < 1.29 is 19.1 Å². The van der Waals surface area contributed by atoms with Gasteiger partial charge in [-0.05, 0) is 48.9 Å². The fraction of sp³-hybridized carbons (Fsp3) is 0.440. The molecule has 2 aliphatic rings. The number of rotatable bonds is 7. The Morgan fingerprint density at radius 2 is 1.66 bits per heavy atom. The quantitative estimate of drug-likeness (QED) is 0.490. The maximum atomic E-state index is 11.9. The van der Waals surface area contributed by atoms with Crippen molar-refractivity contribution in [2.24, 2.45) is 5.41 Å². The van der Waals surface area contributed by atoms with Crippen molar-refractivity contribution in [3.8, 4) is 5.75 Å². The van der Waals surface area contributed by atoms with Crippen LogP contribution < -0.4 is 4.74 Å². The molecule has 2 aromatic rings. The predicted octanol–water partition coefficient (Wildman–Crippen LogP) is 5.03. The second-order valence-corrected chi connectivity index (χ2v) is 8.39. The molecule has 0 bridgehead atoms. The second kappa shape index (κ2) is 8.81. The van der Waals surface area contributed by atoms with E-state index in [0.29, 0.717) is 13.0 Å². The number of Topliss-reactive ketones (excluding diaryl/α,β-unsaturated/α-hetero) is 1. The van der Waals surface area contributed by atoms with E-state index in [0.717, 1.165) is 49.8 Å². The molecular weight excluding hydrogens is 364 g/mol. The Balaban J connectivity index is 1.35. The topological polar surface area (TPSA) is 52.6 Å². The molecule has 1 aliphatic heterocycles. The SMILES string of the molecule is O=C1CC(=O)OC(C2(CCc3ccc(OCc4ccccc4)cc3)CCCC2)C1. The molecule has 0 aromatic heterocycles. The van der Waals surface area contributed by atoms with E-state index >= 15 is 0 Å². The van der Waals surface area contributed by atoms with Gasteiger partial charge in [-0.1, -0.05) is 55.3 Å². The molecule has 0 radical (unpaired) electrons. The molecule has 1 heterocycles. The molecule has 1 aliphatic carbocycles. The summed E-state index contributed by atoms with van der Waals surface area (Å²) in [5, 5.41) is 0. The van der Waals surface area contributed by atoms with E-state index in [-0.39, 0.29) is 29.7 Å². The van der Waals surface area contributed by atoms with Gasteiger partial charge in [-0.25, -0.2) is 0 Å². The molecule has 1 atom stereocenters. The summed E-state index contributed by atoms with van der Waals surface area (Å²) >= 11 is 0. The average Bonchev–Trinajstić information content (AvgIpc) is 3.22. The molecule has 4 heteroatoms. The highest BCUT2D eigenvalue weighted by Crippen LogP contribution is 2.48. The number of esters is 1. The van der Waals surface area contributed by atoms with Gasteiger partial charge in [0.25, 0.3) is 0 Å². The Hall–Kier alpha value is -2.62. The van der Waals surface area contributed by atoms with Crippen LogP contribution in [0, 0.1) is 5.41 Å². The first-order valence-corrected chi connectivity index (χ1v) is 10.6. The molecule has 1 saturated carbocycles. The van der Waals surface area contributed by atoms with Crippen molar-refractivity contribution in [2.75, 3.05) is 0 Å². The average molecular weight is 392 g/mol. The van der Waals surface area contributed by atoms with Crippen LogP contribution in [0.5, 0.6) is 5.75 Å². The molecule has 1 saturated heterocycles. The van der Waals surface area contributed by atoms with Crippen LogP contribution in [-0.4, -0.2) is 17.9 Å². The monoisotopic (exact) mass is 392 g/mol. The van der Waals surface area contributed by atoms with Gasteiger partial charge in [0.2, 0.25) is 0 Å². The number of aryl methyl sites for hydroxylation is 1. The minimum atomic E-state index is -0.350. The van der Waals surface area contributed by atoms with Gasteiger partial charge >= 0.3 is 5.97 Å². The molecular formula is C25H28O4. The lowest BCUT2D eigenvalue weighted by molar-refractivity contribution is -0.166. The highest BCUT2D eigenvalue weighted by molar-refractivity contribution is 5.97. The smallest absolute Gasteiger partial charge is 0.313 e. The van der Waals surface area contributed by atoms with Gasteiger partial charge in [0, 0.05) is 11.8 Å². The highest BCUT2D eigenvalue weighted by Gasteiger charge is 2.45. The van der Waals surface area contributed by atoms with Crippen LogP contribution in [-0.2, 0) is 27.4 Å². The largest absolute Gasteiger partial charge is 0.489 e.